The number of aromatic nitrogens is 6. The molecule has 0 bridgehead atoms. The number of hydrogen-bond donors (Lipinski definition) is 1. The molecule has 6 heterocycles. The molecule has 1 N–H and O–H groups in total. The zero-order valence-electron chi connectivity index (χ0n) is 20.9. The first kappa shape index (κ1) is 24.8. The van der Waals surface area contributed by atoms with Gasteiger partial charge in [0.05, 0.1) is 35.7 Å². The molecule has 0 saturated carbocycles. The molecule has 6 rings (SSSR count). The first-order valence-electron chi connectivity index (χ1n) is 12.2. The van der Waals surface area contributed by atoms with Crippen molar-refractivity contribution >= 4 is 33.1 Å². The van der Waals surface area contributed by atoms with E-state index in [1.165, 1.54) is 22.8 Å². The highest BCUT2D eigenvalue weighted by atomic mass is 32.2. The second-order valence-corrected chi connectivity index (χ2v) is 11.1. The van der Waals surface area contributed by atoms with Gasteiger partial charge in [0.25, 0.3) is 0 Å². The lowest BCUT2D eigenvalue weighted by molar-refractivity contribution is 0.387. The summed E-state index contributed by atoms with van der Waals surface area (Å²) in [6, 6.07) is 12.4. The Morgan fingerprint density at radius 3 is 2.38 bits per heavy atom. The van der Waals surface area contributed by atoms with E-state index >= 15 is 0 Å². The number of rotatable bonds is 6. The van der Waals surface area contributed by atoms with Gasteiger partial charge in [0.1, 0.15) is 11.5 Å². The number of imidazole rings is 1. The zero-order valence-corrected chi connectivity index (χ0v) is 21.8. The molecule has 0 aromatic carbocycles. The lowest BCUT2D eigenvalue weighted by atomic mass is 10.1. The van der Waals surface area contributed by atoms with E-state index in [-0.39, 0.29) is 0 Å². The highest BCUT2D eigenvalue weighted by Gasteiger charge is 2.24. The van der Waals surface area contributed by atoms with Gasteiger partial charge in [-0.1, -0.05) is 0 Å². The number of nitrogens with one attached hydrogen (secondary N) is 1. The lowest BCUT2D eigenvalue weighted by Crippen LogP contribution is -2.48. The minimum atomic E-state index is -3.18. The van der Waals surface area contributed by atoms with Gasteiger partial charge in [-0.25, -0.2) is 33.3 Å². The van der Waals surface area contributed by atoms with Crippen LogP contribution in [0, 0.1) is 5.95 Å². The molecule has 39 heavy (non-hydrogen) atoms. The Hall–Kier alpha value is -4.49. The summed E-state index contributed by atoms with van der Waals surface area (Å²) in [6.45, 7) is 2.03. The predicted molar refractivity (Wildman–Crippen MR) is 146 cm³/mol. The van der Waals surface area contributed by atoms with Crippen molar-refractivity contribution in [2.45, 2.75) is 0 Å². The van der Waals surface area contributed by atoms with Crippen LogP contribution in [0.4, 0.5) is 21.8 Å². The third-order valence-electron chi connectivity index (χ3n) is 6.52. The van der Waals surface area contributed by atoms with Gasteiger partial charge in [0.15, 0.2) is 0 Å². The van der Waals surface area contributed by atoms with Crippen molar-refractivity contribution in [1.82, 2.24) is 33.6 Å². The van der Waals surface area contributed by atoms with Gasteiger partial charge in [0.2, 0.25) is 21.9 Å². The fourth-order valence-corrected chi connectivity index (χ4v) is 5.30. The molecule has 11 nitrogen and oxygen atoms in total. The highest BCUT2D eigenvalue weighted by molar-refractivity contribution is 7.88. The minimum absolute atomic E-state index is 0.401. The van der Waals surface area contributed by atoms with Crippen LogP contribution in [0.15, 0.2) is 73.4 Å². The SMILES string of the molecule is CS(=O)(=O)N1CCN(c2ccc(Nc3nccc(-c4cnc5ccc(-c6ccc(F)nc6)cn45)n3)cn2)CC1. The van der Waals surface area contributed by atoms with Crippen LogP contribution < -0.4 is 10.2 Å². The first-order chi connectivity index (χ1) is 18.8. The summed E-state index contributed by atoms with van der Waals surface area (Å²) in [4.78, 5) is 23.8. The lowest BCUT2D eigenvalue weighted by Gasteiger charge is -2.33. The molecule has 0 atom stereocenters. The van der Waals surface area contributed by atoms with E-state index in [2.05, 4.69) is 35.1 Å². The Labute approximate surface area is 224 Å². The quantitative estimate of drug-likeness (QED) is 0.321. The Morgan fingerprint density at radius 2 is 1.67 bits per heavy atom. The van der Waals surface area contributed by atoms with E-state index in [1.807, 2.05) is 34.9 Å². The molecule has 198 valence electrons. The van der Waals surface area contributed by atoms with Gasteiger partial charge in [-0.3, -0.25) is 4.40 Å². The van der Waals surface area contributed by atoms with Crippen molar-refractivity contribution in [2.24, 2.45) is 0 Å². The second-order valence-electron chi connectivity index (χ2n) is 9.10. The molecule has 0 radical (unpaired) electrons. The molecule has 1 saturated heterocycles. The maximum Gasteiger partial charge on any atom is 0.227 e. The van der Waals surface area contributed by atoms with Crippen LogP contribution >= 0.6 is 0 Å². The standard InChI is InChI=1S/C26H24FN9O2S/c1-39(37,38)35-12-10-34(11-13-35)24-7-4-20(15-30-24)32-26-28-9-8-21(33-26)22-16-31-25-6-3-19(17-36(22)25)18-2-5-23(27)29-14-18/h2-9,14-17H,10-13H2,1H3,(H,28,32,33). The Balaban J connectivity index is 1.19. The van der Waals surface area contributed by atoms with Crippen LogP contribution in [0.2, 0.25) is 0 Å². The zero-order chi connectivity index (χ0) is 27.0. The van der Waals surface area contributed by atoms with Crippen LogP contribution in [0.3, 0.4) is 0 Å². The molecule has 1 aliphatic rings. The van der Waals surface area contributed by atoms with Gasteiger partial charge in [-0.15, -0.1) is 0 Å². The average Bonchev–Trinajstić information content (AvgIpc) is 3.37. The normalized spacial score (nSPS) is 14.6. The van der Waals surface area contributed by atoms with Crippen LogP contribution in [0.1, 0.15) is 0 Å². The number of fused-ring (bicyclic) bond motifs is 1. The number of sulfonamides is 1. The largest absolute Gasteiger partial charge is 0.354 e. The van der Waals surface area contributed by atoms with Crippen molar-refractivity contribution < 1.29 is 12.8 Å². The number of piperazine rings is 1. The van der Waals surface area contributed by atoms with E-state index < -0.39 is 16.0 Å². The van der Waals surface area contributed by atoms with E-state index in [9.17, 15) is 12.8 Å². The van der Waals surface area contributed by atoms with Crippen LogP contribution in [0.25, 0.3) is 28.2 Å². The average molecular weight is 546 g/mol. The fraction of sp³-hybridized carbons (Fsp3) is 0.192. The smallest absolute Gasteiger partial charge is 0.227 e. The van der Waals surface area contributed by atoms with Crippen LogP contribution in [-0.2, 0) is 10.0 Å². The molecular weight excluding hydrogens is 521 g/mol. The molecule has 0 unspecified atom stereocenters. The van der Waals surface area contributed by atoms with Gasteiger partial charge in [-0.05, 0) is 42.5 Å². The molecular formula is C26H24FN9O2S. The molecule has 13 heteroatoms. The van der Waals surface area contributed by atoms with Gasteiger partial charge in [-0.2, -0.15) is 8.70 Å². The minimum Gasteiger partial charge on any atom is -0.354 e. The maximum absolute atomic E-state index is 13.3. The fourth-order valence-electron chi connectivity index (χ4n) is 4.47. The van der Waals surface area contributed by atoms with Crippen molar-refractivity contribution in [1.29, 1.82) is 0 Å². The summed E-state index contributed by atoms with van der Waals surface area (Å²) in [5.41, 5.74) is 4.56. The Bertz CT molecular complexity index is 1730. The van der Waals surface area contributed by atoms with Crippen LogP contribution in [0.5, 0.6) is 0 Å². The number of hydrogen-bond acceptors (Lipinski definition) is 9. The van der Waals surface area contributed by atoms with Crippen molar-refractivity contribution in [3.8, 4) is 22.5 Å². The Kier molecular flexibility index (Phi) is 6.37. The third-order valence-corrected chi connectivity index (χ3v) is 7.82. The van der Waals surface area contributed by atoms with Crippen molar-refractivity contribution in [3.63, 3.8) is 0 Å². The van der Waals surface area contributed by atoms with E-state index in [1.54, 1.807) is 30.7 Å². The summed E-state index contributed by atoms with van der Waals surface area (Å²) in [6.07, 6.45) is 9.76. The summed E-state index contributed by atoms with van der Waals surface area (Å²) in [7, 11) is -3.18. The summed E-state index contributed by atoms with van der Waals surface area (Å²) >= 11 is 0. The number of pyridine rings is 3. The molecule has 0 spiro atoms. The van der Waals surface area contributed by atoms with Crippen molar-refractivity contribution in [2.75, 3.05) is 42.7 Å². The first-order valence-corrected chi connectivity index (χ1v) is 14.0. The molecule has 1 aliphatic heterocycles. The molecule has 0 amide bonds. The Morgan fingerprint density at radius 1 is 0.846 bits per heavy atom. The van der Waals surface area contributed by atoms with E-state index in [4.69, 9.17) is 0 Å². The second kappa shape index (κ2) is 10.0. The van der Waals surface area contributed by atoms with Gasteiger partial charge in [0, 0.05) is 55.9 Å². The highest BCUT2D eigenvalue weighted by Crippen LogP contribution is 2.25. The van der Waals surface area contributed by atoms with Gasteiger partial charge >= 0.3 is 0 Å². The number of halogens is 1. The molecule has 1 fully saturated rings. The summed E-state index contributed by atoms with van der Waals surface area (Å²) < 4.78 is 40.2. The van der Waals surface area contributed by atoms with Gasteiger partial charge < -0.3 is 10.2 Å². The maximum atomic E-state index is 13.3. The van der Waals surface area contributed by atoms with E-state index in [0.29, 0.717) is 37.8 Å². The topological polar surface area (TPSA) is 122 Å². The number of nitrogens with zero attached hydrogens (tertiary/aromatic N) is 8. The number of anilines is 3. The molecule has 0 aliphatic carbocycles. The van der Waals surface area contributed by atoms with Crippen molar-refractivity contribution in [3.05, 3.63) is 79.4 Å². The summed E-state index contributed by atoms with van der Waals surface area (Å²) in [5.74, 6) is 0.653. The van der Waals surface area contributed by atoms with E-state index in [0.717, 1.165) is 34.0 Å². The molecule has 5 aromatic heterocycles. The third kappa shape index (κ3) is 5.26. The summed E-state index contributed by atoms with van der Waals surface area (Å²) in [5, 5.41) is 3.19. The molecule has 5 aromatic rings. The van der Waals surface area contributed by atoms with Crippen LogP contribution in [-0.4, -0.2) is 74.5 Å². The predicted octanol–water partition coefficient (Wildman–Crippen LogP) is 3.21. The monoisotopic (exact) mass is 545 g/mol.